The average molecular weight is 375 g/mol. The Morgan fingerprint density at radius 1 is 0.852 bits per heavy atom. The van der Waals surface area contributed by atoms with Crippen LogP contribution in [0.25, 0.3) is 0 Å². The van der Waals surface area contributed by atoms with Crippen LogP contribution in [0.1, 0.15) is 90.9 Å². The maximum Gasteiger partial charge on any atom is 0.347 e. The van der Waals surface area contributed by atoms with Gasteiger partial charge in [0.15, 0.2) is 0 Å². The van der Waals surface area contributed by atoms with E-state index in [0.717, 1.165) is 6.42 Å². The lowest BCUT2D eigenvalue weighted by Gasteiger charge is -2.16. The molecule has 0 amide bonds. The van der Waals surface area contributed by atoms with Crippen LogP contribution in [0.15, 0.2) is 0 Å². The molecule has 2 N–H and O–H groups in total. The number of hydrogen-bond acceptors (Lipinski definition) is 4. The molecule has 0 bridgehead atoms. The lowest BCUT2D eigenvalue weighted by atomic mass is 9.95. The Bertz CT molecular complexity index is 562. The molecule has 0 saturated heterocycles. The fourth-order valence-electron chi connectivity index (χ4n) is 2.59. The van der Waals surface area contributed by atoms with Crippen molar-refractivity contribution in [1.82, 2.24) is 0 Å². The summed E-state index contributed by atoms with van der Waals surface area (Å²) in [5.41, 5.74) is 0. The number of aliphatic hydroxyl groups excluding tert-OH is 1. The van der Waals surface area contributed by atoms with E-state index in [2.05, 4.69) is 47.3 Å². The van der Waals surface area contributed by atoms with E-state index in [0.29, 0.717) is 25.7 Å². The highest BCUT2D eigenvalue weighted by atomic mass is 17.1. The standard InChI is InChI=1S/C23H34O4/c1-3-5-6-7-8-9-10-11-12-13-14-15-16-17-18-20-22(24)21(19-4-2)23(25)27-26/h21-22,24,26H,3-10,13,16,19-20H2,1-2H3. The second-order valence-corrected chi connectivity index (χ2v) is 6.51. The van der Waals surface area contributed by atoms with Gasteiger partial charge in [-0.3, -0.25) is 0 Å². The molecule has 4 heteroatoms. The summed E-state index contributed by atoms with van der Waals surface area (Å²) in [5.74, 6) is 16.2. The van der Waals surface area contributed by atoms with Crippen LogP contribution >= 0.6 is 0 Å². The quantitative estimate of drug-likeness (QED) is 0.238. The van der Waals surface area contributed by atoms with Crippen LogP contribution in [0, 0.1) is 41.4 Å². The molecule has 0 saturated carbocycles. The molecule has 0 heterocycles. The van der Waals surface area contributed by atoms with Crippen molar-refractivity contribution in [3.63, 3.8) is 0 Å². The molecule has 0 aromatic heterocycles. The van der Waals surface area contributed by atoms with Gasteiger partial charge in [-0.05, 0) is 12.8 Å². The van der Waals surface area contributed by atoms with Gasteiger partial charge >= 0.3 is 5.97 Å². The van der Waals surface area contributed by atoms with Crippen molar-refractivity contribution in [3.05, 3.63) is 0 Å². The molecule has 0 aromatic carbocycles. The normalized spacial score (nSPS) is 11.7. The summed E-state index contributed by atoms with van der Waals surface area (Å²) in [6.07, 6.45) is 9.95. The minimum atomic E-state index is -0.946. The van der Waals surface area contributed by atoms with Gasteiger partial charge in [-0.25, -0.2) is 4.79 Å². The van der Waals surface area contributed by atoms with Crippen LogP contribution in [0.4, 0.5) is 0 Å². The third-order valence-corrected chi connectivity index (χ3v) is 4.15. The number of aliphatic hydroxyl groups is 1. The van der Waals surface area contributed by atoms with Crippen molar-refractivity contribution in [1.29, 1.82) is 0 Å². The van der Waals surface area contributed by atoms with Crippen molar-refractivity contribution in [2.75, 3.05) is 0 Å². The Morgan fingerprint density at radius 2 is 1.44 bits per heavy atom. The van der Waals surface area contributed by atoms with Crippen LogP contribution in [0.3, 0.4) is 0 Å². The molecule has 2 atom stereocenters. The lowest BCUT2D eigenvalue weighted by molar-refractivity contribution is -0.242. The molecule has 0 aliphatic heterocycles. The van der Waals surface area contributed by atoms with Crippen molar-refractivity contribution < 1.29 is 20.0 Å². The molecular weight excluding hydrogens is 340 g/mol. The minimum Gasteiger partial charge on any atom is -0.391 e. The van der Waals surface area contributed by atoms with E-state index in [1.807, 2.05) is 6.92 Å². The van der Waals surface area contributed by atoms with E-state index in [9.17, 15) is 9.90 Å². The average Bonchev–Trinajstić information content (AvgIpc) is 2.68. The zero-order valence-electron chi connectivity index (χ0n) is 16.9. The van der Waals surface area contributed by atoms with E-state index in [-0.39, 0.29) is 6.42 Å². The highest BCUT2D eigenvalue weighted by molar-refractivity contribution is 5.72. The van der Waals surface area contributed by atoms with Crippen molar-refractivity contribution >= 4 is 5.97 Å². The molecule has 0 radical (unpaired) electrons. The van der Waals surface area contributed by atoms with Crippen LogP contribution in [0.2, 0.25) is 0 Å². The van der Waals surface area contributed by atoms with Gasteiger partial charge in [0.1, 0.15) is 0 Å². The van der Waals surface area contributed by atoms with Gasteiger partial charge in [-0.2, -0.15) is 5.26 Å². The van der Waals surface area contributed by atoms with Gasteiger partial charge in [0.2, 0.25) is 0 Å². The maximum absolute atomic E-state index is 11.4. The second kappa shape index (κ2) is 18.8. The molecule has 4 nitrogen and oxygen atoms in total. The van der Waals surface area contributed by atoms with Gasteiger partial charge in [-0.15, -0.1) is 5.92 Å². The molecule has 0 spiro atoms. The molecule has 2 unspecified atom stereocenters. The van der Waals surface area contributed by atoms with E-state index >= 15 is 0 Å². The summed E-state index contributed by atoms with van der Waals surface area (Å²) in [6, 6.07) is 0. The minimum absolute atomic E-state index is 0.152. The van der Waals surface area contributed by atoms with E-state index in [4.69, 9.17) is 5.26 Å². The van der Waals surface area contributed by atoms with Gasteiger partial charge in [0.05, 0.1) is 24.9 Å². The predicted octanol–water partition coefficient (Wildman–Crippen LogP) is 4.71. The number of carbonyl (C=O) groups excluding carboxylic acids is 1. The van der Waals surface area contributed by atoms with Crippen LogP contribution in [0.5, 0.6) is 0 Å². The van der Waals surface area contributed by atoms with Crippen LogP contribution in [-0.2, 0) is 9.68 Å². The molecule has 150 valence electrons. The van der Waals surface area contributed by atoms with E-state index in [1.54, 1.807) is 0 Å². The first-order chi connectivity index (χ1) is 13.2. The molecule has 27 heavy (non-hydrogen) atoms. The first-order valence-electron chi connectivity index (χ1n) is 10.1. The summed E-state index contributed by atoms with van der Waals surface area (Å²) in [5, 5.41) is 18.4. The highest BCUT2D eigenvalue weighted by Crippen LogP contribution is 2.15. The third kappa shape index (κ3) is 14.9. The lowest BCUT2D eigenvalue weighted by Crippen LogP contribution is -2.29. The first kappa shape index (κ1) is 25.1. The van der Waals surface area contributed by atoms with Crippen LogP contribution in [-0.4, -0.2) is 22.4 Å². The summed E-state index contributed by atoms with van der Waals surface area (Å²) in [4.78, 5) is 15.1. The summed E-state index contributed by atoms with van der Waals surface area (Å²) in [7, 11) is 0. The number of hydrogen-bond donors (Lipinski definition) is 2. The number of unbranched alkanes of at least 4 members (excludes halogenated alkanes) is 6. The Labute approximate surface area is 165 Å². The zero-order valence-corrected chi connectivity index (χ0v) is 16.9. The maximum atomic E-state index is 11.4. The number of rotatable bonds is 11. The second-order valence-electron chi connectivity index (χ2n) is 6.51. The monoisotopic (exact) mass is 374 g/mol. The fraction of sp³-hybridized carbons (Fsp3) is 0.696. The fourth-order valence-corrected chi connectivity index (χ4v) is 2.59. The van der Waals surface area contributed by atoms with Gasteiger partial charge in [0.25, 0.3) is 0 Å². The molecule has 0 rings (SSSR count). The summed E-state index contributed by atoms with van der Waals surface area (Å²) < 4.78 is 0. The van der Waals surface area contributed by atoms with Crippen molar-refractivity contribution in [2.24, 2.45) is 5.92 Å². The molecule has 0 aromatic rings. The zero-order chi connectivity index (χ0) is 20.2. The van der Waals surface area contributed by atoms with E-state index < -0.39 is 18.0 Å². The highest BCUT2D eigenvalue weighted by Gasteiger charge is 2.27. The Balaban J connectivity index is 3.91. The molecule has 0 fully saturated rings. The Hall–Kier alpha value is -1.93. The molecular formula is C23H34O4. The van der Waals surface area contributed by atoms with Gasteiger partial charge in [0, 0.05) is 12.8 Å². The van der Waals surface area contributed by atoms with Crippen LogP contribution < -0.4 is 0 Å². The van der Waals surface area contributed by atoms with Crippen molar-refractivity contribution in [3.8, 4) is 35.5 Å². The van der Waals surface area contributed by atoms with Gasteiger partial charge in [-0.1, -0.05) is 82.0 Å². The SMILES string of the molecule is CCCCCCCCC#CCC#CCC#CCC(O)C(CCC)C(=O)OO. The molecule has 0 aliphatic rings. The summed E-state index contributed by atoms with van der Waals surface area (Å²) >= 11 is 0. The largest absolute Gasteiger partial charge is 0.391 e. The van der Waals surface area contributed by atoms with E-state index in [1.165, 1.54) is 38.5 Å². The first-order valence-corrected chi connectivity index (χ1v) is 10.1. The smallest absolute Gasteiger partial charge is 0.347 e. The Morgan fingerprint density at radius 3 is 2.07 bits per heavy atom. The number of carbonyl (C=O) groups is 1. The Kier molecular flexibility index (Phi) is 17.5. The predicted molar refractivity (Wildman–Crippen MR) is 108 cm³/mol. The topological polar surface area (TPSA) is 66.8 Å². The molecule has 0 aliphatic carbocycles. The van der Waals surface area contributed by atoms with Gasteiger partial charge < -0.3 is 9.99 Å². The third-order valence-electron chi connectivity index (χ3n) is 4.15. The summed E-state index contributed by atoms with van der Waals surface area (Å²) in [6.45, 7) is 4.11. The van der Waals surface area contributed by atoms with Crippen molar-refractivity contribution in [2.45, 2.75) is 97.0 Å².